The summed E-state index contributed by atoms with van der Waals surface area (Å²) in [6, 6.07) is 0. The highest BCUT2D eigenvalue weighted by molar-refractivity contribution is 5.78. The highest BCUT2D eigenvalue weighted by Crippen LogP contribution is 2.33. The number of carbonyl (C=O) groups excluding carboxylic acids is 1. The van der Waals surface area contributed by atoms with Crippen LogP contribution in [0, 0.1) is 17.8 Å². The Morgan fingerprint density at radius 3 is 2.27 bits per heavy atom. The van der Waals surface area contributed by atoms with Gasteiger partial charge in [-0.25, -0.2) is 0 Å². The van der Waals surface area contributed by atoms with Crippen molar-refractivity contribution in [2.24, 2.45) is 17.8 Å². The molecule has 3 atom stereocenters. The van der Waals surface area contributed by atoms with Gasteiger partial charge >= 0.3 is 0 Å². The predicted molar refractivity (Wildman–Crippen MR) is 46.4 cm³/mol. The van der Waals surface area contributed by atoms with E-state index < -0.39 is 0 Å². The molecule has 0 aromatic heterocycles. The quantitative estimate of drug-likeness (QED) is 0.567. The summed E-state index contributed by atoms with van der Waals surface area (Å²) >= 11 is 0. The summed E-state index contributed by atoms with van der Waals surface area (Å²) in [5.41, 5.74) is 0. The van der Waals surface area contributed by atoms with Crippen LogP contribution in [0.3, 0.4) is 0 Å². The minimum absolute atomic E-state index is 0.376. The lowest BCUT2D eigenvalue weighted by atomic mass is 9.75. The molecular weight excluding hydrogens is 136 g/mol. The zero-order valence-electron chi connectivity index (χ0n) is 7.76. The normalized spacial score (nSPS) is 38.6. The van der Waals surface area contributed by atoms with Gasteiger partial charge in [0.25, 0.3) is 0 Å². The summed E-state index contributed by atoms with van der Waals surface area (Å²) in [6.07, 6.45) is 3.49. The van der Waals surface area contributed by atoms with Gasteiger partial charge in [-0.05, 0) is 38.0 Å². The van der Waals surface area contributed by atoms with Crippen molar-refractivity contribution in [3.63, 3.8) is 0 Å². The molecule has 1 saturated carbocycles. The summed E-state index contributed by atoms with van der Waals surface area (Å²) in [4.78, 5) is 11.1. The van der Waals surface area contributed by atoms with Crippen LogP contribution in [0.4, 0.5) is 0 Å². The van der Waals surface area contributed by atoms with Gasteiger partial charge < -0.3 is 0 Å². The van der Waals surface area contributed by atoms with E-state index in [0.717, 1.165) is 24.7 Å². The Labute approximate surface area is 69.2 Å². The van der Waals surface area contributed by atoms with Crippen molar-refractivity contribution in [3.8, 4) is 0 Å². The number of rotatable bonds is 1. The van der Waals surface area contributed by atoms with Gasteiger partial charge in [-0.1, -0.05) is 13.8 Å². The van der Waals surface area contributed by atoms with Crippen molar-refractivity contribution in [3.05, 3.63) is 0 Å². The van der Waals surface area contributed by atoms with Crippen LogP contribution in [0.15, 0.2) is 0 Å². The Morgan fingerprint density at radius 2 is 1.82 bits per heavy atom. The fourth-order valence-corrected chi connectivity index (χ4v) is 1.92. The molecule has 0 bridgehead atoms. The van der Waals surface area contributed by atoms with Crippen LogP contribution in [-0.4, -0.2) is 5.78 Å². The third-order valence-corrected chi connectivity index (χ3v) is 3.17. The first kappa shape index (κ1) is 8.76. The van der Waals surface area contributed by atoms with Crippen molar-refractivity contribution in [2.75, 3.05) is 0 Å². The maximum absolute atomic E-state index is 11.1. The first-order valence-corrected chi connectivity index (χ1v) is 4.61. The van der Waals surface area contributed by atoms with E-state index in [0.29, 0.717) is 11.7 Å². The molecule has 1 heteroatoms. The first-order valence-electron chi connectivity index (χ1n) is 4.61. The van der Waals surface area contributed by atoms with Crippen LogP contribution in [-0.2, 0) is 4.79 Å². The van der Waals surface area contributed by atoms with Gasteiger partial charge in [-0.2, -0.15) is 0 Å². The van der Waals surface area contributed by atoms with Crippen LogP contribution < -0.4 is 0 Å². The van der Waals surface area contributed by atoms with E-state index in [9.17, 15) is 4.79 Å². The molecular formula is C10H18O. The summed E-state index contributed by atoms with van der Waals surface area (Å²) in [6.45, 7) is 6.29. The molecule has 1 fully saturated rings. The second-order valence-corrected chi connectivity index (χ2v) is 4.08. The van der Waals surface area contributed by atoms with Crippen molar-refractivity contribution in [1.82, 2.24) is 0 Å². The Morgan fingerprint density at radius 1 is 1.18 bits per heavy atom. The lowest BCUT2D eigenvalue weighted by Gasteiger charge is -2.30. The molecule has 0 unspecified atom stereocenters. The lowest BCUT2D eigenvalue weighted by Crippen LogP contribution is -2.24. The van der Waals surface area contributed by atoms with Crippen molar-refractivity contribution >= 4 is 5.78 Å². The molecule has 0 amide bonds. The average molecular weight is 154 g/mol. The van der Waals surface area contributed by atoms with Crippen molar-refractivity contribution in [2.45, 2.75) is 40.0 Å². The largest absolute Gasteiger partial charge is 0.300 e. The first-order chi connectivity index (χ1) is 5.11. The van der Waals surface area contributed by atoms with Gasteiger partial charge in [-0.3, -0.25) is 4.79 Å². The van der Waals surface area contributed by atoms with E-state index in [-0.39, 0.29) is 0 Å². The Bertz CT molecular complexity index is 151. The van der Waals surface area contributed by atoms with E-state index in [2.05, 4.69) is 13.8 Å². The molecule has 0 radical (unpaired) electrons. The highest BCUT2D eigenvalue weighted by Gasteiger charge is 2.26. The zero-order chi connectivity index (χ0) is 8.43. The summed E-state index contributed by atoms with van der Waals surface area (Å²) < 4.78 is 0. The molecule has 1 rings (SSSR count). The van der Waals surface area contributed by atoms with E-state index >= 15 is 0 Å². The molecule has 0 aliphatic heterocycles. The standard InChI is InChI=1S/C10H18O/c1-7-4-5-10(9(3)11)6-8(7)2/h7-8,10H,4-6H2,1-3H3/t7-,8-,10-/m1/s1. The molecule has 0 N–H and O–H groups in total. The molecule has 64 valence electrons. The smallest absolute Gasteiger partial charge is 0.132 e. The highest BCUT2D eigenvalue weighted by atomic mass is 16.1. The minimum Gasteiger partial charge on any atom is -0.300 e. The Kier molecular flexibility index (Phi) is 2.69. The fourth-order valence-electron chi connectivity index (χ4n) is 1.92. The summed E-state index contributed by atoms with van der Waals surface area (Å²) in [5, 5.41) is 0. The monoisotopic (exact) mass is 154 g/mol. The number of Topliss-reactive ketones (excluding diaryl/α,β-unsaturated/α-hetero) is 1. The van der Waals surface area contributed by atoms with Gasteiger partial charge in [0.2, 0.25) is 0 Å². The fraction of sp³-hybridized carbons (Fsp3) is 0.900. The molecule has 1 aliphatic carbocycles. The third kappa shape index (κ3) is 2.05. The van der Waals surface area contributed by atoms with Crippen LogP contribution in [0.25, 0.3) is 0 Å². The third-order valence-electron chi connectivity index (χ3n) is 3.17. The van der Waals surface area contributed by atoms with Gasteiger partial charge in [0.1, 0.15) is 5.78 Å². The van der Waals surface area contributed by atoms with E-state index in [1.54, 1.807) is 6.92 Å². The van der Waals surface area contributed by atoms with E-state index in [1.165, 1.54) is 6.42 Å². The number of carbonyl (C=O) groups is 1. The topological polar surface area (TPSA) is 17.1 Å². The predicted octanol–water partition coefficient (Wildman–Crippen LogP) is 2.65. The molecule has 1 nitrogen and oxygen atoms in total. The maximum atomic E-state index is 11.1. The SMILES string of the molecule is CC(=O)[C@@H]1CC[C@@H](C)[C@H](C)C1. The average Bonchev–Trinajstić information content (AvgIpc) is 1.94. The summed E-state index contributed by atoms with van der Waals surface area (Å²) in [5.74, 6) is 2.34. The van der Waals surface area contributed by atoms with Crippen molar-refractivity contribution in [1.29, 1.82) is 0 Å². The van der Waals surface area contributed by atoms with Crippen LogP contribution in [0.5, 0.6) is 0 Å². The molecule has 0 aromatic carbocycles. The zero-order valence-corrected chi connectivity index (χ0v) is 7.76. The Balaban J connectivity index is 2.46. The molecule has 0 saturated heterocycles. The van der Waals surface area contributed by atoms with E-state index in [1.807, 2.05) is 0 Å². The number of ketones is 1. The van der Waals surface area contributed by atoms with Crippen LogP contribution >= 0.6 is 0 Å². The lowest BCUT2D eigenvalue weighted by molar-refractivity contribution is -0.122. The van der Waals surface area contributed by atoms with Gasteiger partial charge in [0.05, 0.1) is 0 Å². The summed E-state index contributed by atoms with van der Waals surface area (Å²) in [7, 11) is 0. The molecule has 11 heavy (non-hydrogen) atoms. The second-order valence-electron chi connectivity index (χ2n) is 4.08. The van der Waals surface area contributed by atoms with Gasteiger partial charge in [-0.15, -0.1) is 0 Å². The minimum atomic E-state index is 0.376. The van der Waals surface area contributed by atoms with Crippen LogP contribution in [0.2, 0.25) is 0 Å². The Hall–Kier alpha value is -0.330. The molecule has 0 heterocycles. The number of hydrogen-bond acceptors (Lipinski definition) is 1. The van der Waals surface area contributed by atoms with Crippen molar-refractivity contribution < 1.29 is 4.79 Å². The maximum Gasteiger partial charge on any atom is 0.132 e. The van der Waals surface area contributed by atoms with Crippen LogP contribution in [0.1, 0.15) is 40.0 Å². The molecule has 1 aliphatic rings. The van der Waals surface area contributed by atoms with E-state index in [4.69, 9.17) is 0 Å². The number of hydrogen-bond donors (Lipinski definition) is 0. The second kappa shape index (κ2) is 3.38. The molecule has 0 aromatic rings. The van der Waals surface area contributed by atoms with Gasteiger partial charge in [0, 0.05) is 5.92 Å². The molecule has 0 spiro atoms. The van der Waals surface area contributed by atoms with Gasteiger partial charge in [0.15, 0.2) is 0 Å².